The molecule has 3 rings (SSSR count). The molecular formula is C20H23F3N2O3. The molecule has 1 N–H and O–H groups in total. The fourth-order valence-electron chi connectivity index (χ4n) is 3.43. The summed E-state index contributed by atoms with van der Waals surface area (Å²) in [4.78, 5) is 2.29. The van der Waals surface area contributed by atoms with E-state index in [0.29, 0.717) is 11.5 Å². The number of rotatable bonds is 6. The Labute approximate surface area is 162 Å². The summed E-state index contributed by atoms with van der Waals surface area (Å²) in [6.07, 6.45) is -4.71. The Morgan fingerprint density at radius 3 is 2.07 bits per heavy atom. The molecule has 0 aliphatic carbocycles. The van der Waals surface area contributed by atoms with Gasteiger partial charge in [0.1, 0.15) is 5.75 Å². The standard InChI is InChI=1S/C20H23F3N2O3/c1-26-17-8-5-15(13-18(17)27-2)19(25-11-9-24-10-12-25)14-3-6-16(7-4-14)28-20(21,22)23/h3-8,13,19,24H,9-12H2,1-2H3/t19-/m1/s1. The van der Waals surface area contributed by atoms with E-state index in [1.807, 2.05) is 18.2 Å². The van der Waals surface area contributed by atoms with E-state index in [2.05, 4.69) is 15.0 Å². The lowest BCUT2D eigenvalue weighted by atomic mass is 9.96. The van der Waals surface area contributed by atoms with Crippen LogP contribution in [0, 0.1) is 0 Å². The molecule has 2 aromatic carbocycles. The van der Waals surface area contributed by atoms with Crippen LogP contribution in [0.25, 0.3) is 0 Å². The van der Waals surface area contributed by atoms with Crippen LogP contribution in [0.1, 0.15) is 17.2 Å². The summed E-state index contributed by atoms with van der Waals surface area (Å²) in [5.74, 6) is 0.999. The number of methoxy groups -OCH3 is 2. The SMILES string of the molecule is COc1ccc([C@@H](c2ccc(OC(F)(F)F)cc2)N2CCNCC2)cc1OC. The molecule has 1 aliphatic heterocycles. The van der Waals surface area contributed by atoms with Crippen molar-refractivity contribution in [3.63, 3.8) is 0 Å². The molecule has 2 aromatic rings. The van der Waals surface area contributed by atoms with Gasteiger partial charge in [0, 0.05) is 26.2 Å². The lowest BCUT2D eigenvalue weighted by Gasteiger charge is -2.35. The summed E-state index contributed by atoms with van der Waals surface area (Å²) < 4.78 is 52.1. The first-order valence-corrected chi connectivity index (χ1v) is 8.93. The maximum atomic E-state index is 12.4. The van der Waals surface area contributed by atoms with Gasteiger partial charge in [0.15, 0.2) is 11.5 Å². The molecule has 1 aliphatic rings. The van der Waals surface area contributed by atoms with E-state index in [9.17, 15) is 13.2 Å². The lowest BCUT2D eigenvalue weighted by Crippen LogP contribution is -2.45. The van der Waals surface area contributed by atoms with E-state index in [1.54, 1.807) is 26.4 Å². The molecule has 5 nitrogen and oxygen atoms in total. The minimum Gasteiger partial charge on any atom is -0.493 e. The Morgan fingerprint density at radius 1 is 0.893 bits per heavy atom. The topological polar surface area (TPSA) is 43.0 Å². The van der Waals surface area contributed by atoms with Crippen LogP contribution in [0.3, 0.4) is 0 Å². The first-order valence-electron chi connectivity index (χ1n) is 8.93. The molecule has 1 fully saturated rings. The number of nitrogens with zero attached hydrogens (tertiary/aromatic N) is 1. The summed E-state index contributed by atoms with van der Waals surface area (Å²) in [7, 11) is 3.15. The van der Waals surface area contributed by atoms with E-state index >= 15 is 0 Å². The number of alkyl halides is 3. The number of piperazine rings is 1. The number of halogens is 3. The van der Waals surface area contributed by atoms with Crippen LogP contribution in [0.5, 0.6) is 17.2 Å². The number of hydrogen-bond acceptors (Lipinski definition) is 5. The van der Waals surface area contributed by atoms with Crippen LogP contribution < -0.4 is 19.5 Å². The van der Waals surface area contributed by atoms with Gasteiger partial charge in [0.2, 0.25) is 0 Å². The molecule has 28 heavy (non-hydrogen) atoms. The van der Waals surface area contributed by atoms with Crippen molar-refractivity contribution in [3.05, 3.63) is 53.6 Å². The third kappa shape index (κ3) is 4.88. The van der Waals surface area contributed by atoms with Crippen LogP contribution in [-0.4, -0.2) is 51.7 Å². The zero-order chi connectivity index (χ0) is 20.1. The first-order chi connectivity index (χ1) is 13.4. The summed E-state index contributed by atoms with van der Waals surface area (Å²) in [5.41, 5.74) is 1.85. The van der Waals surface area contributed by atoms with Gasteiger partial charge in [-0.05, 0) is 35.4 Å². The molecule has 0 radical (unpaired) electrons. The van der Waals surface area contributed by atoms with Crippen molar-refractivity contribution in [2.75, 3.05) is 40.4 Å². The third-order valence-corrected chi connectivity index (χ3v) is 4.67. The molecule has 0 saturated carbocycles. The summed E-state index contributed by atoms with van der Waals surface area (Å²) in [6, 6.07) is 11.6. The number of nitrogens with one attached hydrogen (secondary N) is 1. The molecule has 0 aromatic heterocycles. The highest BCUT2D eigenvalue weighted by molar-refractivity contribution is 5.46. The van der Waals surface area contributed by atoms with Gasteiger partial charge in [-0.2, -0.15) is 0 Å². The smallest absolute Gasteiger partial charge is 0.493 e. The Hall–Kier alpha value is -2.45. The van der Waals surface area contributed by atoms with Crippen LogP contribution in [0.2, 0.25) is 0 Å². The summed E-state index contributed by atoms with van der Waals surface area (Å²) in [6.45, 7) is 3.33. The Balaban J connectivity index is 1.95. The van der Waals surface area contributed by atoms with Crippen LogP contribution in [0.15, 0.2) is 42.5 Å². The molecule has 1 saturated heterocycles. The Bertz CT molecular complexity index is 775. The predicted molar refractivity (Wildman–Crippen MR) is 99.0 cm³/mol. The largest absolute Gasteiger partial charge is 0.573 e. The molecular weight excluding hydrogens is 373 g/mol. The second kappa shape index (κ2) is 8.70. The highest BCUT2D eigenvalue weighted by Gasteiger charge is 2.31. The second-order valence-electron chi connectivity index (χ2n) is 6.42. The molecule has 1 heterocycles. The maximum Gasteiger partial charge on any atom is 0.573 e. The maximum absolute atomic E-state index is 12.4. The quantitative estimate of drug-likeness (QED) is 0.808. The monoisotopic (exact) mass is 396 g/mol. The minimum absolute atomic E-state index is 0.123. The number of ether oxygens (including phenoxy) is 3. The summed E-state index contributed by atoms with van der Waals surface area (Å²) >= 11 is 0. The molecule has 0 amide bonds. The van der Waals surface area contributed by atoms with Gasteiger partial charge in [-0.15, -0.1) is 13.2 Å². The fraction of sp³-hybridized carbons (Fsp3) is 0.400. The van der Waals surface area contributed by atoms with Crippen molar-refractivity contribution in [3.8, 4) is 17.2 Å². The summed E-state index contributed by atoms with van der Waals surface area (Å²) in [5, 5.41) is 3.32. The average molecular weight is 396 g/mol. The minimum atomic E-state index is -4.71. The lowest BCUT2D eigenvalue weighted by molar-refractivity contribution is -0.274. The van der Waals surface area contributed by atoms with Crippen molar-refractivity contribution in [2.45, 2.75) is 12.4 Å². The highest BCUT2D eigenvalue weighted by atomic mass is 19.4. The second-order valence-corrected chi connectivity index (χ2v) is 6.42. The van der Waals surface area contributed by atoms with Crippen molar-refractivity contribution < 1.29 is 27.4 Å². The predicted octanol–water partition coefficient (Wildman–Crippen LogP) is 3.60. The van der Waals surface area contributed by atoms with E-state index in [4.69, 9.17) is 9.47 Å². The van der Waals surface area contributed by atoms with Crippen LogP contribution in [-0.2, 0) is 0 Å². The van der Waals surface area contributed by atoms with Crippen LogP contribution >= 0.6 is 0 Å². The van der Waals surface area contributed by atoms with Crippen molar-refractivity contribution in [1.29, 1.82) is 0 Å². The van der Waals surface area contributed by atoms with Gasteiger partial charge in [-0.1, -0.05) is 18.2 Å². The van der Waals surface area contributed by atoms with Crippen LogP contribution in [0.4, 0.5) is 13.2 Å². The van der Waals surface area contributed by atoms with E-state index in [-0.39, 0.29) is 11.8 Å². The van der Waals surface area contributed by atoms with Crippen molar-refractivity contribution in [2.24, 2.45) is 0 Å². The highest BCUT2D eigenvalue weighted by Crippen LogP contribution is 2.36. The van der Waals surface area contributed by atoms with E-state index < -0.39 is 6.36 Å². The van der Waals surface area contributed by atoms with Gasteiger partial charge >= 0.3 is 6.36 Å². The Morgan fingerprint density at radius 2 is 1.50 bits per heavy atom. The molecule has 0 bridgehead atoms. The molecule has 0 spiro atoms. The molecule has 1 atom stereocenters. The van der Waals surface area contributed by atoms with Gasteiger partial charge in [0.25, 0.3) is 0 Å². The first kappa shape index (κ1) is 20.3. The zero-order valence-corrected chi connectivity index (χ0v) is 15.8. The normalized spacial score (nSPS) is 16.5. The fourth-order valence-corrected chi connectivity index (χ4v) is 3.43. The van der Waals surface area contributed by atoms with Gasteiger partial charge in [-0.3, -0.25) is 4.90 Å². The molecule has 8 heteroatoms. The number of benzene rings is 2. The van der Waals surface area contributed by atoms with Gasteiger partial charge in [-0.25, -0.2) is 0 Å². The zero-order valence-electron chi connectivity index (χ0n) is 15.8. The molecule has 0 unspecified atom stereocenters. The Kier molecular flexibility index (Phi) is 6.31. The van der Waals surface area contributed by atoms with Crippen molar-refractivity contribution >= 4 is 0 Å². The van der Waals surface area contributed by atoms with Crippen molar-refractivity contribution in [1.82, 2.24) is 10.2 Å². The average Bonchev–Trinajstić information content (AvgIpc) is 2.69. The number of hydrogen-bond donors (Lipinski definition) is 1. The van der Waals surface area contributed by atoms with Gasteiger partial charge < -0.3 is 19.5 Å². The van der Waals surface area contributed by atoms with Gasteiger partial charge in [0.05, 0.1) is 20.3 Å². The third-order valence-electron chi connectivity index (χ3n) is 4.67. The molecule has 152 valence electrons. The van der Waals surface area contributed by atoms with E-state index in [0.717, 1.165) is 37.3 Å². The van der Waals surface area contributed by atoms with E-state index in [1.165, 1.54) is 12.1 Å².